The van der Waals surface area contributed by atoms with E-state index in [1.54, 1.807) is 25.4 Å². The van der Waals surface area contributed by atoms with Gasteiger partial charge in [-0.05, 0) is 24.3 Å². The van der Waals surface area contributed by atoms with Gasteiger partial charge in [0.1, 0.15) is 15.8 Å². The summed E-state index contributed by atoms with van der Waals surface area (Å²) in [5.41, 5.74) is 0.169. The number of hydrogen-bond acceptors (Lipinski definition) is 5. The van der Waals surface area contributed by atoms with Crippen molar-refractivity contribution in [1.82, 2.24) is 9.97 Å². The second-order valence-electron chi connectivity index (χ2n) is 3.33. The molecular weight excluding hydrogens is 252 g/mol. The quantitative estimate of drug-likeness (QED) is 0.911. The van der Waals surface area contributed by atoms with Gasteiger partial charge in [0, 0.05) is 6.20 Å². The molecule has 0 aliphatic rings. The van der Waals surface area contributed by atoms with Crippen molar-refractivity contribution in [3.05, 3.63) is 42.2 Å². The number of carboxylic acids is 1. The third kappa shape index (κ3) is 2.98. The lowest BCUT2D eigenvalue weighted by Gasteiger charge is -2.02. The number of methoxy groups -OCH3 is 1. The summed E-state index contributed by atoms with van der Waals surface area (Å²) in [6.07, 6.45) is 2.95. The van der Waals surface area contributed by atoms with Crippen LogP contribution in [0, 0.1) is 0 Å². The second-order valence-corrected chi connectivity index (χ2v) is 4.37. The first kappa shape index (κ1) is 12.4. The predicted molar refractivity (Wildman–Crippen MR) is 66.1 cm³/mol. The number of nitrogens with zero attached hydrogens (tertiary/aromatic N) is 2. The molecule has 18 heavy (non-hydrogen) atoms. The highest BCUT2D eigenvalue weighted by Gasteiger charge is 2.04. The van der Waals surface area contributed by atoms with Crippen LogP contribution in [0.4, 0.5) is 0 Å². The Morgan fingerprint density at radius 1 is 1.17 bits per heavy atom. The molecule has 0 saturated carbocycles. The van der Waals surface area contributed by atoms with Crippen molar-refractivity contribution >= 4 is 17.7 Å². The number of pyridine rings is 2. The number of aromatic nitrogens is 2. The Morgan fingerprint density at radius 2 is 1.83 bits per heavy atom. The van der Waals surface area contributed by atoms with E-state index in [9.17, 15) is 4.79 Å². The number of rotatable bonds is 4. The minimum Gasteiger partial charge on any atom is -0.495 e. The SMILES string of the molecule is COc1ccc(Sc2ccc(C(=O)O)cn2)nc1. The van der Waals surface area contributed by atoms with Gasteiger partial charge in [0.25, 0.3) is 0 Å². The number of carbonyl (C=O) groups is 1. The lowest BCUT2D eigenvalue weighted by Crippen LogP contribution is -1.96. The lowest BCUT2D eigenvalue weighted by molar-refractivity contribution is 0.0696. The fourth-order valence-corrected chi connectivity index (χ4v) is 1.92. The second kappa shape index (κ2) is 5.50. The lowest BCUT2D eigenvalue weighted by atomic mass is 10.3. The number of aromatic carboxylic acids is 1. The van der Waals surface area contributed by atoms with Gasteiger partial charge in [-0.15, -0.1) is 0 Å². The fraction of sp³-hybridized carbons (Fsp3) is 0.0833. The third-order valence-corrected chi connectivity index (χ3v) is 3.04. The third-order valence-electron chi connectivity index (χ3n) is 2.14. The number of hydrogen-bond donors (Lipinski definition) is 1. The van der Waals surface area contributed by atoms with Gasteiger partial charge in [-0.2, -0.15) is 0 Å². The van der Waals surface area contributed by atoms with Crippen molar-refractivity contribution in [2.45, 2.75) is 10.1 Å². The van der Waals surface area contributed by atoms with Crippen LogP contribution in [0.25, 0.3) is 0 Å². The minimum absolute atomic E-state index is 0.169. The van der Waals surface area contributed by atoms with Gasteiger partial charge in [-0.25, -0.2) is 14.8 Å². The highest BCUT2D eigenvalue weighted by molar-refractivity contribution is 7.99. The van der Waals surface area contributed by atoms with Crippen LogP contribution in [0.5, 0.6) is 5.75 Å². The van der Waals surface area contributed by atoms with Crippen molar-refractivity contribution in [3.63, 3.8) is 0 Å². The zero-order chi connectivity index (χ0) is 13.0. The topological polar surface area (TPSA) is 72.3 Å². The number of carboxylic acid groups (broad SMARTS) is 1. The van der Waals surface area contributed by atoms with E-state index < -0.39 is 5.97 Å². The van der Waals surface area contributed by atoms with Crippen LogP contribution < -0.4 is 4.74 Å². The first-order chi connectivity index (χ1) is 8.69. The Balaban J connectivity index is 2.10. The molecule has 6 heteroatoms. The molecule has 0 fully saturated rings. The molecule has 0 aromatic carbocycles. The average molecular weight is 262 g/mol. The van der Waals surface area contributed by atoms with Gasteiger partial charge in [0.05, 0.1) is 18.9 Å². The molecule has 0 radical (unpaired) electrons. The molecule has 0 spiro atoms. The monoisotopic (exact) mass is 262 g/mol. The molecule has 0 saturated heterocycles. The van der Waals surface area contributed by atoms with Crippen molar-refractivity contribution in [3.8, 4) is 5.75 Å². The average Bonchev–Trinajstić information content (AvgIpc) is 2.40. The molecule has 0 bridgehead atoms. The van der Waals surface area contributed by atoms with E-state index in [4.69, 9.17) is 9.84 Å². The van der Waals surface area contributed by atoms with Crippen LogP contribution in [0.2, 0.25) is 0 Å². The van der Waals surface area contributed by atoms with Gasteiger partial charge in [0.2, 0.25) is 0 Å². The highest BCUT2D eigenvalue weighted by atomic mass is 32.2. The van der Waals surface area contributed by atoms with Crippen LogP contribution in [0.3, 0.4) is 0 Å². The first-order valence-corrected chi connectivity index (χ1v) is 5.88. The van der Waals surface area contributed by atoms with Crippen LogP contribution >= 0.6 is 11.8 Å². The Kier molecular flexibility index (Phi) is 3.78. The predicted octanol–water partition coefficient (Wildman–Crippen LogP) is 2.33. The van der Waals surface area contributed by atoms with E-state index in [0.29, 0.717) is 10.8 Å². The summed E-state index contributed by atoms with van der Waals surface area (Å²) in [4.78, 5) is 18.9. The van der Waals surface area contributed by atoms with Crippen molar-refractivity contribution in [1.29, 1.82) is 0 Å². The summed E-state index contributed by atoms with van der Waals surface area (Å²) in [5, 5.41) is 10.2. The van der Waals surface area contributed by atoms with Crippen LogP contribution in [0.1, 0.15) is 10.4 Å². The molecule has 2 aromatic rings. The summed E-state index contributed by atoms with van der Waals surface area (Å²) in [6, 6.07) is 6.79. The van der Waals surface area contributed by atoms with Gasteiger partial charge >= 0.3 is 5.97 Å². The Labute approximate surface area is 108 Å². The molecule has 0 atom stereocenters. The summed E-state index contributed by atoms with van der Waals surface area (Å²) in [7, 11) is 1.58. The molecule has 2 aromatic heterocycles. The minimum atomic E-state index is -0.985. The largest absolute Gasteiger partial charge is 0.495 e. The van der Waals surface area contributed by atoms with Gasteiger partial charge in [-0.1, -0.05) is 11.8 Å². The molecule has 5 nitrogen and oxygen atoms in total. The zero-order valence-corrected chi connectivity index (χ0v) is 10.3. The molecule has 0 amide bonds. The molecule has 2 rings (SSSR count). The van der Waals surface area contributed by atoms with E-state index >= 15 is 0 Å². The van der Waals surface area contributed by atoms with E-state index in [1.165, 1.54) is 24.0 Å². The summed E-state index contributed by atoms with van der Waals surface area (Å²) < 4.78 is 5.01. The molecular formula is C12H10N2O3S. The maximum Gasteiger partial charge on any atom is 0.337 e. The van der Waals surface area contributed by atoms with Crippen molar-refractivity contribution in [2.24, 2.45) is 0 Å². The Hall–Kier alpha value is -2.08. The normalized spacial score (nSPS) is 10.1. The van der Waals surface area contributed by atoms with E-state index in [-0.39, 0.29) is 5.56 Å². The van der Waals surface area contributed by atoms with Crippen LogP contribution in [-0.4, -0.2) is 28.2 Å². The van der Waals surface area contributed by atoms with Crippen LogP contribution in [0.15, 0.2) is 46.7 Å². The fourth-order valence-electron chi connectivity index (χ4n) is 1.22. The standard InChI is InChI=1S/C12H10N2O3S/c1-17-9-3-5-11(14-7-9)18-10-4-2-8(6-13-10)12(15)16/h2-7H,1H3,(H,15,16). The van der Waals surface area contributed by atoms with E-state index in [0.717, 1.165) is 5.03 Å². The molecule has 0 aliphatic heterocycles. The summed E-state index contributed by atoms with van der Waals surface area (Å²) >= 11 is 1.36. The molecule has 0 aliphatic carbocycles. The van der Waals surface area contributed by atoms with Gasteiger partial charge in [-0.3, -0.25) is 0 Å². The van der Waals surface area contributed by atoms with E-state index in [1.807, 2.05) is 6.07 Å². The Bertz CT molecular complexity index is 540. The smallest absolute Gasteiger partial charge is 0.337 e. The Morgan fingerprint density at radius 3 is 2.28 bits per heavy atom. The van der Waals surface area contributed by atoms with Crippen molar-refractivity contribution < 1.29 is 14.6 Å². The van der Waals surface area contributed by atoms with Crippen LogP contribution in [-0.2, 0) is 0 Å². The number of ether oxygens (including phenoxy) is 1. The zero-order valence-electron chi connectivity index (χ0n) is 9.53. The van der Waals surface area contributed by atoms with Gasteiger partial charge in [0.15, 0.2) is 0 Å². The highest BCUT2D eigenvalue weighted by Crippen LogP contribution is 2.25. The maximum atomic E-state index is 10.7. The van der Waals surface area contributed by atoms with Gasteiger partial charge < -0.3 is 9.84 Å². The van der Waals surface area contributed by atoms with Crippen molar-refractivity contribution in [2.75, 3.05) is 7.11 Å². The maximum absolute atomic E-state index is 10.7. The first-order valence-electron chi connectivity index (χ1n) is 5.06. The molecule has 1 N–H and O–H groups in total. The molecule has 92 valence electrons. The molecule has 0 unspecified atom stereocenters. The molecule has 2 heterocycles. The summed E-state index contributed by atoms with van der Waals surface area (Å²) in [5.74, 6) is -0.296. The summed E-state index contributed by atoms with van der Waals surface area (Å²) in [6.45, 7) is 0. The van der Waals surface area contributed by atoms with E-state index in [2.05, 4.69) is 9.97 Å².